The van der Waals surface area contributed by atoms with Crippen LogP contribution in [-0.4, -0.2) is 42.6 Å². The molecule has 0 aliphatic heterocycles. The van der Waals surface area contributed by atoms with Crippen molar-refractivity contribution >= 4 is 29.4 Å². The number of aromatic nitrogens is 5. The fourth-order valence-corrected chi connectivity index (χ4v) is 3.49. The van der Waals surface area contributed by atoms with Crippen LogP contribution in [0.5, 0.6) is 0 Å². The first-order valence-electron chi connectivity index (χ1n) is 9.00. The second-order valence-electron chi connectivity index (χ2n) is 6.18. The molecule has 3 rings (SSSR count). The summed E-state index contributed by atoms with van der Waals surface area (Å²) in [6.07, 6.45) is 0. The lowest BCUT2D eigenvalue weighted by atomic mass is 10.1. The van der Waals surface area contributed by atoms with Crippen molar-refractivity contribution in [2.45, 2.75) is 38.5 Å². The number of nitrogens with zero attached hydrogens (tertiary/aromatic N) is 5. The highest BCUT2D eigenvalue weighted by Gasteiger charge is 2.22. The molecular formula is C18H21N7O3S. The minimum atomic E-state index is -0.302. The summed E-state index contributed by atoms with van der Waals surface area (Å²) >= 11 is 1.27. The first kappa shape index (κ1) is 20.5. The normalized spacial score (nSPS) is 11.8. The van der Waals surface area contributed by atoms with Crippen LogP contribution in [0.25, 0.3) is 11.5 Å². The molecule has 1 atom stereocenters. The number of anilines is 1. The predicted octanol–water partition coefficient (Wildman–Crippen LogP) is 2.28. The molecule has 29 heavy (non-hydrogen) atoms. The van der Waals surface area contributed by atoms with Gasteiger partial charge in [-0.25, -0.2) is 4.63 Å². The van der Waals surface area contributed by atoms with Crippen LogP contribution in [0.3, 0.4) is 0 Å². The highest BCUT2D eigenvalue weighted by molar-refractivity contribution is 7.99. The van der Waals surface area contributed by atoms with Crippen LogP contribution >= 0.6 is 11.8 Å². The molecule has 0 saturated heterocycles. The van der Waals surface area contributed by atoms with Crippen molar-refractivity contribution < 1.29 is 14.2 Å². The van der Waals surface area contributed by atoms with Crippen LogP contribution in [0.15, 0.2) is 40.1 Å². The Bertz CT molecular complexity index is 987. The van der Waals surface area contributed by atoms with Gasteiger partial charge in [0, 0.05) is 13.5 Å². The molecule has 2 amide bonds. The van der Waals surface area contributed by atoms with Crippen molar-refractivity contribution in [3.8, 4) is 11.5 Å². The van der Waals surface area contributed by atoms with Gasteiger partial charge in [-0.05, 0) is 29.7 Å². The standard InChI is InChI=1S/C18H21N7O3S/c1-4-25-17(15-16(20-12(3)26)24-28-23-15)21-22-18(25)29-10-14(27)19-11(2)13-8-6-5-7-9-13/h5-9,11H,4,10H2,1-3H3,(H,19,27)(H,20,24,26)/t11-/m0/s1. The lowest BCUT2D eigenvalue weighted by Gasteiger charge is -2.14. The first-order valence-corrected chi connectivity index (χ1v) is 9.99. The topological polar surface area (TPSA) is 128 Å². The third-order valence-electron chi connectivity index (χ3n) is 4.04. The number of nitrogens with one attached hydrogen (secondary N) is 2. The number of rotatable bonds is 8. The van der Waals surface area contributed by atoms with Crippen LogP contribution in [0.2, 0.25) is 0 Å². The Balaban J connectivity index is 1.67. The second kappa shape index (κ2) is 9.32. The average Bonchev–Trinajstić information content (AvgIpc) is 3.32. The molecule has 2 N–H and O–H groups in total. The third kappa shape index (κ3) is 4.99. The summed E-state index contributed by atoms with van der Waals surface area (Å²) in [5.41, 5.74) is 1.32. The van der Waals surface area contributed by atoms with Crippen molar-refractivity contribution in [1.82, 2.24) is 30.4 Å². The molecule has 152 valence electrons. The minimum absolute atomic E-state index is 0.0923. The maximum absolute atomic E-state index is 12.3. The van der Waals surface area contributed by atoms with E-state index in [4.69, 9.17) is 4.63 Å². The van der Waals surface area contributed by atoms with E-state index >= 15 is 0 Å². The van der Waals surface area contributed by atoms with Gasteiger partial charge in [0.1, 0.15) is 0 Å². The zero-order valence-corrected chi connectivity index (χ0v) is 17.1. The van der Waals surface area contributed by atoms with E-state index in [2.05, 4.69) is 31.1 Å². The zero-order chi connectivity index (χ0) is 20.8. The van der Waals surface area contributed by atoms with Gasteiger partial charge < -0.3 is 15.2 Å². The summed E-state index contributed by atoms with van der Waals surface area (Å²) in [5.74, 6) is 0.345. The van der Waals surface area contributed by atoms with E-state index in [1.165, 1.54) is 18.7 Å². The summed E-state index contributed by atoms with van der Waals surface area (Å²) in [5, 5.41) is 21.8. The molecule has 0 radical (unpaired) electrons. The van der Waals surface area contributed by atoms with Gasteiger partial charge in [0.05, 0.1) is 11.8 Å². The Morgan fingerprint density at radius 3 is 2.66 bits per heavy atom. The van der Waals surface area contributed by atoms with Gasteiger partial charge in [0.25, 0.3) is 0 Å². The number of benzene rings is 1. The molecule has 2 heterocycles. The fourth-order valence-electron chi connectivity index (χ4n) is 2.68. The molecule has 0 aliphatic carbocycles. The van der Waals surface area contributed by atoms with Gasteiger partial charge in [-0.15, -0.1) is 10.2 Å². The minimum Gasteiger partial charge on any atom is -0.349 e. The van der Waals surface area contributed by atoms with Gasteiger partial charge in [0.15, 0.2) is 16.7 Å². The molecule has 10 nitrogen and oxygen atoms in total. The van der Waals surface area contributed by atoms with E-state index in [0.717, 1.165) is 5.56 Å². The molecule has 0 spiro atoms. The van der Waals surface area contributed by atoms with Crippen molar-refractivity contribution in [1.29, 1.82) is 0 Å². The maximum Gasteiger partial charge on any atom is 0.230 e. The number of carbonyl (C=O) groups is 2. The number of carbonyl (C=O) groups excluding carboxylic acids is 2. The van der Waals surface area contributed by atoms with E-state index in [-0.39, 0.29) is 35.1 Å². The monoisotopic (exact) mass is 415 g/mol. The van der Waals surface area contributed by atoms with Gasteiger partial charge in [0.2, 0.25) is 17.6 Å². The highest BCUT2D eigenvalue weighted by atomic mass is 32.2. The fraction of sp³-hybridized carbons (Fsp3) is 0.333. The van der Waals surface area contributed by atoms with Gasteiger partial charge in [-0.1, -0.05) is 42.1 Å². The lowest BCUT2D eigenvalue weighted by Crippen LogP contribution is -2.28. The number of amides is 2. The molecule has 11 heteroatoms. The Kier molecular flexibility index (Phi) is 6.60. The van der Waals surface area contributed by atoms with Crippen molar-refractivity contribution in [3.05, 3.63) is 35.9 Å². The van der Waals surface area contributed by atoms with E-state index in [0.29, 0.717) is 17.5 Å². The van der Waals surface area contributed by atoms with E-state index in [1.807, 2.05) is 44.2 Å². The molecule has 0 aliphatic rings. The molecule has 0 saturated carbocycles. The van der Waals surface area contributed by atoms with Gasteiger partial charge in [-0.2, -0.15) is 0 Å². The van der Waals surface area contributed by atoms with E-state index in [1.54, 1.807) is 4.57 Å². The van der Waals surface area contributed by atoms with Crippen molar-refractivity contribution in [3.63, 3.8) is 0 Å². The van der Waals surface area contributed by atoms with Crippen LogP contribution in [0, 0.1) is 0 Å². The highest BCUT2D eigenvalue weighted by Crippen LogP contribution is 2.27. The number of hydrogen-bond donors (Lipinski definition) is 2. The summed E-state index contributed by atoms with van der Waals surface area (Å²) in [6, 6.07) is 9.65. The summed E-state index contributed by atoms with van der Waals surface area (Å²) in [6.45, 7) is 5.75. The molecular weight excluding hydrogens is 394 g/mol. The van der Waals surface area contributed by atoms with E-state index < -0.39 is 0 Å². The Labute approximate surface area is 171 Å². The summed E-state index contributed by atoms with van der Waals surface area (Å²) < 4.78 is 6.51. The first-order chi connectivity index (χ1) is 14.0. The molecule has 0 bridgehead atoms. The van der Waals surface area contributed by atoms with Gasteiger partial charge in [-0.3, -0.25) is 9.59 Å². The van der Waals surface area contributed by atoms with Crippen LogP contribution < -0.4 is 10.6 Å². The molecule has 2 aromatic heterocycles. The SMILES string of the molecule is CCn1c(SCC(=O)N[C@@H](C)c2ccccc2)nnc1-c1nonc1NC(C)=O. The molecule has 3 aromatic rings. The predicted molar refractivity (Wildman–Crippen MR) is 107 cm³/mol. The maximum atomic E-state index is 12.3. The van der Waals surface area contributed by atoms with Crippen LogP contribution in [-0.2, 0) is 16.1 Å². The zero-order valence-electron chi connectivity index (χ0n) is 16.2. The number of thioether (sulfide) groups is 1. The van der Waals surface area contributed by atoms with Gasteiger partial charge >= 0.3 is 0 Å². The third-order valence-corrected chi connectivity index (χ3v) is 5.00. The van der Waals surface area contributed by atoms with Crippen LogP contribution in [0.4, 0.5) is 5.82 Å². The smallest absolute Gasteiger partial charge is 0.230 e. The van der Waals surface area contributed by atoms with E-state index in [9.17, 15) is 9.59 Å². The summed E-state index contributed by atoms with van der Waals surface area (Å²) in [7, 11) is 0. The Morgan fingerprint density at radius 1 is 1.21 bits per heavy atom. The quantitative estimate of drug-likeness (QED) is 0.536. The largest absolute Gasteiger partial charge is 0.349 e. The number of hydrogen-bond acceptors (Lipinski definition) is 8. The van der Waals surface area contributed by atoms with Crippen LogP contribution in [0.1, 0.15) is 32.4 Å². The summed E-state index contributed by atoms with van der Waals surface area (Å²) in [4.78, 5) is 23.6. The van der Waals surface area contributed by atoms with Crippen molar-refractivity contribution in [2.24, 2.45) is 0 Å². The van der Waals surface area contributed by atoms with Crippen molar-refractivity contribution in [2.75, 3.05) is 11.1 Å². The second-order valence-corrected chi connectivity index (χ2v) is 7.12. The molecule has 0 unspecified atom stereocenters. The average molecular weight is 415 g/mol. The Hall–Kier alpha value is -3.21. The lowest BCUT2D eigenvalue weighted by molar-refractivity contribution is -0.119. The Morgan fingerprint density at radius 2 is 1.97 bits per heavy atom. The molecule has 0 fully saturated rings. The molecule has 1 aromatic carbocycles.